The van der Waals surface area contributed by atoms with E-state index in [1.807, 2.05) is 30.3 Å². The minimum absolute atomic E-state index is 0.0214. The monoisotopic (exact) mass is 936 g/mol. The molecule has 348 valence electrons. The Morgan fingerprint density at radius 2 is 1.45 bits per heavy atom. The van der Waals surface area contributed by atoms with Gasteiger partial charge in [0.2, 0.25) is 17.6 Å². The maximum Gasteiger partial charge on any atom is 0.262 e. The number of nitrogens with one attached hydrogen (secondary N) is 3. The molecule has 3 N–H and O–H groups in total. The lowest BCUT2D eigenvalue weighted by atomic mass is 9.99. The van der Waals surface area contributed by atoms with Crippen LogP contribution in [0.5, 0.6) is 0 Å². The molecule has 0 spiro atoms. The molecule has 0 bridgehead atoms. The van der Waals surface area contributed by atoms with E-state index in [0.29, 0.717) is 16.6 Å². The molecule has 2 aromatic heterocycles. The van der Waals surface area contributed by atoms with Crippen LogP contribution in [-0.2, 0) is 20.8 Å². The smallest absolute Gasteiger partial charge is 0.262 e. The number of alkyl halides is 1. The highest BCUT2D eigenvalue weighted by Crippen LogP contribution is 2.33. The van der Waals surface area contributed by atoms with Crippen LogP contribution in [0.2, 0.25) is 0 Å². The number of rotatable bonds is 12. The predicted molar refractivity (Wildman–Crippen MR) is 245 cm³/mol. The molecule has 10 rings (SSSR count). The molecule has 0 saturated carbocycles. The highest BCUT2D eigenvalue weighted by Gasteiger charge is 2.45. The molecule has 20 heteroatoms. The van der Waals surface area contributed by atoms with E-state index in [4.69, 9.17) is 0 Å². The Morgan fingerprint density at radius 1 is 0.776 bits per heavy atom. The first-order valence-corrected chi connectivity index (χ1v) is 23.5. The number of aromatic amines is 1. The Labute approximate surface area is 385 Å². The normalized spacial score (nSPS) is 21.3. The number of benzene rings is 3. The Kier molecular flexibility index (Phi) is 12.1. The van der Waals surface area contributed by atoms with Crippen molar-refractivity contribution in [3.8, 4) is 11.1 Å². The number of fused-ring (bicyclic) bond motifs is 2. The molecule has 3 atom stereocenters. The standard InChI is InChI=1S/C47H47F3N10O6S/c48-30-11-12-59(27-30)67(66)54-38-8-7-37(49)41(42(38)50)43(62)36-26-52-44-34(36)23-29(25-51-44)28-1-3-31(4-2-28)57-19-15-55(16-20-57)13-14-56-17-21-58(22-18-56)32-5-6-33-35(24-32)47(65)60(46(33)64)39-9-10-40(61)53-45(39)63/h1-8,23-26,30,39,54H,9-22,27H2,(H,51,52)(H,53,61,63). The first kappa shape index (κ1) is 44.4. The van der Waals surface area contributed by atoms with Crippen LogP contribution in [0, 0.1) is 11.6 Å². The number of nitrogens with zero attached hydrogens (tertiary/aromatic N) is 7. The average Bonchev–Trinajstić information content (AvgIpc) is 4.04. The number of hydrogen-bond acceptors (Lipinski definition) is 11. The summed E-state index contributed by atoms with van der Waals surface area (Å²) >= 11 is -1.98. The SMILES string of the molecule is O=C1CCC(N2C(=O)c3ccc(N4CCN(CCN5CCN(c6ccc(-c7cnc8[nH]cc(C(=O)c9c(F)ccc(NS(=O)N%10CCC(F)C%10)c9F)c8c7)cc6)CC5)CC4)cc3C2=O)C(=O)N1. The molecule has 5 aliphatic rings. The molecule has 67 heavy (non-hydrogen) atoms. The van der Waals surface area contributed by atoms with Gasteiger partial charge in [-0.3, -0.25) is 48.7 Å². The molecule has 4 amide bonds. The number of carbonyl (C=O) groups excluding carboxylic acids is 5. The topological polar surface area (TPSA) is 175 Å². The Balaban J connectivity index is 0.710. The number of halogens is 3. The van der Waals surface area contributed by atoms with Crippen molar-refractivity contribution >= 4 is 68.7 Å². The van der Waals surface area contributed by atoms with Gasteiger partial charge in [-0.1, -0.05) is 12.1 Å². The van der Waals surface area contributed by atoms with Gasteiger partial charge in [0.1, 0.15) is 23.7 Å². The van der Waals surface area contributed by atoms with E-state index in [2.05, 4.69) is 39.6 Å². The van der Waals surface area contributed by atoms with E-state index in [-0.39, 0.29) is 54.7 Å². The van der Waals surface area contributed by atoms with Crippen LogP contribution in [0.1, 0.15) is 55.9 Å². The number of ketones is 1. The molecular weight excluding hydrogens is 890 g/mol. The summed E-state index contributed by atoms with van der Waals surface area (Å²) in [5, 5.41) is 2.61. The number of pyridine rings is 1. The number of hydrogen-bond donors (Lipinski definition) is 3. The maximum absolute atomic E-state index is 15.7. The van der Waals surface area contributed by atoms with E-state index >= 15 is 8.78 Å². The number of piperazine rings is 2. The summed E-state index contributed by atoms with van der Waals surface area (Å²) in [6.07, 6.45) is 2.27. The summed E-state index contributed by atoms with van der Waals surface area (Å²) < 4.78 is 61.0. The lowest BCUT2D eigenvalue weighted by Gasteiger charge is -2.39. The molecule has 3 unspecified atom stereocenters. The van der Waals surface area contributed by atoms with Crippen LogP contribution in [-0.4, -0.2) is 153 Å². The highest BCUT2D eigenvalue weighted by atomic mass is 32.2. The number of carbonyl (C=O) groups is 5. The van der Waals surface area contributed by atoms with E-state index < -0.39 is 70.0 Å². The fourth-order valence-electron chi connectivity index (χ4n) is 9.58. The van der Waals surface area contributed by atoms with Crippen molar-refractivity contribution in [3.63, 3.8) is 0 Å². The molecule has 7 heterocycles. The third kappa shape index (κ3) is 8.69. The molecule has 3 aromatic carbocycles. The summed E-state index contributed by atoms with van der Waals surface area (Å²) in [7, 11) is 0. The first-order chi connectivity index (χ1) is 32.4. The van der Waals surface area contributed by atoms with Crippen molar-refractivity contribution in [1.82, 2.24) is 34.3 Å². The minimum Gasteiger partial charge on any atom is -0.369 e. The summed E-state index contributed by atoms with van der Waals surface area (Å²) in [6.45, 7) is 8.71. The van der Waals surface area contributed by atoms with Crippen molar-refractivity contribution in [2.45, 2.75) is 31.5 Å². The summed E-state index contributed by atoms with van der Waals surface area (Å²) in [4.78, 5) is 82.2. The van der Waals surface area contributed by atoms with Gasteiger partial charge in [-0.15, -0.1) is 0 Å². The number of aromatic nitrogens is 2. The number of piperidine rings is 1. The van der Waals surface area contributed by atoms with Crippen molar-refractivity contribution < 1.29 is 41.4 Å². The Morgan fingerprint density at radius 3 is 2.12 bits per heavy atom. The third-order valence-electron chi connectivity index (χ3n) is 13.5. The number of H-pyrrole nitrogens is 1. The van der Waals surface area contributed by atoms with Gasteiger partial charge in [0.15, 0.2) is 17.0 Å². The van der Waals surface area contributed by atoms with Gasteiger partial charge in [-0.2, -0.15) is 0 Å². The fraction of sp³-hybridized carbons (Fsp3) is 0.362. The predicted octanol–water partition coefficient (Wildman–Crippen LogP) is 4.12. The van der Waals surface area contributed by atoms with E-state index in [1.165, 1.54) is 10.5 Å². The van der Waals surface area contributed by atoms with Crippen LogP contribution in [0.4, 0.5) is 30.2 Å². The molecule has 5 aliphatic heterocycles. The molecular formula is C47H47F3N10O6S. The van der Waals surface area contributed by atoms with Crippen molar-refractivity contribution in [2.24, 2.45) is 0 Å². The number of amides is 4. The van der Waals surface area contributed by atoms with E-state index in [1.54, 1.807) is 24.4 Å². The molecule has 16 nitrogen and oxygen atoms in total. The average molecular weight is 937 g/mol. The molecule has 0 aliphatic carbocycles. The van der Waals surface area contributed by atoms with Crippen LogP contribution >= 0.6 is 0 Å². The molecule has 4 saturated heterocycles. The quantitative estimate of drug-likeness (QED) is 0.121. The number of anilines is 3. The molecule has 5 aromatic rings. The van der Waals surface area contributed by atoms with Crippen LogP contribution in [0.3, 0.4) is 0 Å². The van der Waals surface area contributed by atoms with E-state index in [9.17, 15) is 32.6 Å². The zero-order chi connectivity index (χ0) is 46.5. The summed E-state index contributed by atoms with van der Waals surface area (Å²) in [5.74, 6) is -5.24. The lowest BCUT2D eigenvalue weighted by molar-refractivity contribution is -0.136. The molecule has 0 radical (unpaired) electrons. The van der Waals surface area contributed by atoms with Gasteiger partial charge in [-0.05, 0) is 66.9 Å². The Hall–Kier alpha value is -6.48. The highest BCUT2D eigenvalue weighted by molar-refractivity contribution is 7.84. The van der Waals surface area contributed by atoms with Gasteiger partial charge in [0, 0.05) is 125 Å². The van der Waals surface area contributed by atoms with Crippen LogP contribution in [0.25, 0.3) is 22.2 Å². The van der Waals surface area contributed by atoms with Crippen molar-refractivity contribution in [3.05, 3.63) is 107 Å². The zero-order valence-corrected chi connectivity index (χ0v) is 37.1. The van der Waals surface area contributed by atoms with E-state index in [0.717, 1.165) is 99.4 Å². The van der Waals surface area contributed by atoms with Gasteiger partial charge < -0.3 is 14.8 Å². The van der Waals surface area contributed by atoms with Gasteiger partial charge in [-0.25, -0.2) is 26.7 Å². The Bertz CT molecular complexity index is 2830. The van der Waals surface area contributed by atoms with Crippen molar-refractivity contribution in [2.75, 3.05) is 93.1 Å². The largest absolute Gasteiger partial charge is 0.369 e. The first-order valence-electron chi connectivity index (χ1n) is 22.4. The summed E-state index contributed by atoms with van der Waals surface area (Å²) in [6, 6.07) is 16.1. The lowest BCUT2D eigenvalue weighted by Crippen LogP contribution is -2.54. The second-order valence-electron chi connectivity index (χ2n) is 17.4. The number of imide groups is 2. The minimum atomic E-state index is -1.98. The third-order valence-corrected chi connectivity index (χ3v) is 14.6. The second kappa shape index (κ2) is 18.3. The van der Waals surface area contributed by atoms with Crippen LogP contribution < -0.4 is 19.8 Å². The fourth-order valence-corrected chi connectivity index (χ4v) is 10.6. The van der Waals surface area contributed by atoms with Crippen LogP contribution in [0.15, 0.2) is 73.1 Å². The van der Waals surface area contributed by atoms with Gasteiger partial charge >= 0.3 is 0 Å². The zero-order valence-electron chi connectivity index (χ0n) is 36.3. The van der Waals surface area contributed by atoms with Crippen molar-refractivity contribution in [1.29, 1.82) is 0 Å². The maximum atomic E-state index is 15.7. The molecule has 4 fully saturated rings. The summed E-state index contributed by atoms with van der Waals surface area (Å²) in [5.41, 5.74) is 3.27. The second-order valence-corrected chi connectivity index (χ2v) is 18.7. The van der Waals surface area contributed by atoms with Gasteiger partial charge in [0.05, 0.1) is 22.4 Å². The van der Waals surface area contributed by atoms with Gasteiger partial charge in [0.25, 0.3) is 11.8 Å².